The van der Waals surface area contributed by atoms with Crippen molar-refractivity contribution in [2.75, 3.05) is 5.73 Å². The molecule has 4 aromatic rings. The third-order valence-corrected chi connectivity index (χ3v) is 5.27. The predicted molar refractivity (Wildman–Crippen MR) is 117 cm³/mol. The lowest BCUT2D eigenvalue weighted by molar-refractivity contribution is 0.0941. The van der Waals surface area contributed by atoms with Gasteiger partial charge in [-0.3, -0.25) is 4.79 Å². The van der Waals surface area contributed by atoms with Gasteiger partial charge < -0.3 is 15.6 Å². The van der Waals surface area contributed by atoms with Gasteiger partial charge in [0.05, 0.1) is 17.6 Å². The summed E-state index contributed by atoms with van der Waals surface area (Å²) in [6.45, 7) is 6.58. The number of rotatable bonds is 5. The van der Waals surface area contributed by atoms with Gasteiger partial charge in [0.25, 0.3) is 5.91 Å². The maximum absolute atomic E-state index is 13.0. The van der Waals surface area contributed by atoms with Crippen LogP contribution in [-0.4, -0.2) is 26.5 Å². The quantitative estimate of drug-likeness (QED) is 0.541. The average molecular weight is 387 g/mol. The summed E-state index contributed by atoms with van der Waals surface area (Å²) >= 11 is 0. The summed E-state index contributed by atoms with van der Waals surface area (Å²) in [4.78, 5) is 22.6. The van der Waals surface area contributed by atoms with E-state index in [9.17, 15) is 4.79 Å². The Morgan fingerprint density at radius 1 is 1.10 bits per heavy atom. The minimum atomic E-state index is -0.214. The molecule has 4 rings (SSSR count). The molecule has 0 aliphatic rings. The zero-order chi connectivity index (χ0) is 20.5. The molecule has 0 bridgehead atoms. The Hall–Kier alpha value is -3.41. The standard InChI is InChI=1S/C23H25N5O/c1-4-15(3)25-23(29)19-20-22(27-18-8-6-5-7-17(18)26-20)28(21(19)24)13-16-11-9-14(2)10-12-16/h5-12,15H,4,13,24H2,1-3H3,(H,25,29)/t15-/m1/s1. The molecule has 0 aliphatic heterocycles. The van der Waals surface area contributed by atoms with Crippen LogP contribution in [0.25, 0.3) is 22.2 Å². The summed E-state index contributed by atoms with van der Waals surface area (Å²) in [6.07, 6.45) is 0.836. The molecular weight excluding hydrogens is 362 g/mol. The number of nitrogen functional groups attached to an aromatic ring is 1. The lowest BCUT2D eigenvalue weighted by Crippen LogP contribution is -2.32. The number of anilines is 1. The van der Waals surface area contributed by atoms with Crippen LogP contribution >= 0.6 is 0 Å². The van der Waals surface area contributed by atoms with Crippen molar-refractivity contribution in [2.45, 2.75) is 39.8 Å². The number of hydrogen-bond acceptors (Lipinski definition) is 4. The minimum Gasteiger partial charge on any atom is -0.384 e. The van der Waals surface area contributed by atoms with Crippen LogP contribution in [0.3, 0.4) is 0 Å². The van der Waals surface area contributed by atoms with Gasteiger partial charge in [0.2, 0.25) is 0 Å². The molecule has 2 aromatic carbocycles. The summed E-state index contributed by atoms with van der Waals surface area (Å²) in [5.74, 6) is 0.172. The number of amides is 1. The van der Waals surface area contributed by atoms with Crippen LogP contribution in [0.5, 0.6) is 0 Å². The van der Waals surface area contributed by atoms with E-state index in [1.54, 1.807) is 0 Å². The molecule has 1 atom stereocenters. The number of fused-ring (bicyclic) bond motifs is 2. The lowest BCUT2D eigenvalue weighted by Gasteiger charge is -2.11. The Balaban J connectivity index is 1.91. The molecule has 29 heavy (non-hydrogen) atoms. The monoisotopic (exact) mass is 387 g/mol. The second-order valence-corrected chi connectivity index (χ2v) is 7.50. The van der Waals surface area contributed by atoms with Crippen molar-refractivity contribution in [3.63, 3.8) is 0 Å². The number of nitrogens with zero attached hydrogens (tertiary/aromatic N) is 3. The topological polar surface area (TPSA) is 85.8 Å². The highest BCUT2D eigenvalue weighted by Crippen LogP contribution is 2.29. The predicted octanol–water partition coefficient (Wildman–Crippen LogP) is 4.05. The van der Waals surface area contributed by atoms with Crippen molar-refractivity contribution in [1.29, 1.82) is 0 Å². The molecule has 0 saturated carbocycles. The van der Waals surface area contributed by atoms with Crippen molar-refractivity contribution < 1.29 is 4.79 Å². The van der Waals surface area contributed by atoms with Gasteiger partial charge >= 0.3 is 0 Å². The van der Waals surface area contributed by atoms with Crippen LogP contribution in [0, 0.1) is 6.92 Å². The molecule has 2 heterocycles. The second kappa shape index (κ2) is 7.54. The molecule has 0 unspecified atom stereocenters. The summed E-state index contributed by atoms with van der Waals surface area (Å²) in [5, 5.41) is 3.01. The Bertz CT molecular complexity index is 1190. The fraction of sp³-hybridized carbons (Fsp3) is 0.261. The van der Waals surface area contributed by atoms with E-state index in [0.717, 1.165) is 23.0 Å². The van der Waals surface area contributed by atoms with Crippen LogP contribution in [0.2, 0.25) is 0 Å². The first-order valence-corrected chi connectivity index (χ1v) is 9.88. The van der Waals surface area contributed by atoms with Gasteiger partial charge in [-0.1, -0.05) is 48.9 Å². The molecule has 3 N–H and O–H groups in total. The largest absolute Gasteiger partial charge is 0.384 e. The summed E-state index contributed by atoms with van der Waals surface area (Å²) in [6, 6.07) is 16.0. The van der Waals surface area contributed by atoms with E-state index >= 15 is 0 Å². The molecule has 1 amide bonds. The zero-order valence-electron chi connectivity index (χ0n) is 16.9. The summed E-state index contributed by atoms with van der Waals surface area (Å²) in [5.41, 5.74) is 11.8. The van der Waals surface area contributed by atoms with E-state index in [1.807, 2.05) is 42.7 Å². The number of hydrogen-bond donors (Lipinski definition) is 2. The first-order chi connectivity index (χ1) is 14.0. The Labute approximate surface area is 169 Å². The molecule has 0 fully saturated rings. The number of nitrogens with one attached hydrogen (secondary N) is 1. The number of carbonyl (C=O) groups is 1. The smallest absolute Gasteiger partial charge is 0.257 e. The highest BCUT2D eigenvalue weighted by molar-refractivity contribution is 6.10. The number of benzene rings is 2. The minimum absolute atomic E-state index is 0.0471. The molecule has 6 nitrogen and oxygen atoms in total. The van der Waals surface area contributed by atoms with Crippen LogP contribution < -0.4 is 11.1 Å². The Morgan fingerprint density at radius 3 is 2.41 bits per heavy atom. The normalized spacial score (nSPS) is 12.4. The van der Waals surface area contributed by atoms with Crippen molar-refractivity contribution in [2.24, 2.45) is 0 Å². The van der Waals surface area contributed by atoms with Crippen LogP contribution in [-0.2, 0) is 6.54 Å². The van der Waals surface area contributed by atoms with Gasteiger partial charge in [-0.25, -0.2) is 9.97 Å². The highest BCUT2D eigenvalue weighted by Gasteiger charge is 2.24. The van der Waals surface area contributed by atoms with Gasteiger partial charge in [0.15, 0.2) is 5.65 Å². The van der Waals surface area contributed by atoms with Gasteiger partial charge in [-0.2, -0.15) is 0 Å². The molecule has 0 spiro atoms. The number of nitrogens with two attached hydrogens (primary N) is 1. The van der Waals surface area contributed by atoms with E-state index in [2.05, 4.69) is 36.5 Å². The molecule has 6 heteroatoms. The van der Waals surface area contributed by atoms with Gasteiger partial charge in [0.1, 0.15) is 16.9 Å². The summed E-state index contributed by atoms with van der Waals surface area (Å²) in [7, 11) is 0. The van der Waals surface area contributed by atoms with E-state index in [0.29, 0.717) is 29.1 Å². The van der Waals surface area contributed by atoms with Crippen molar-refractivity contribution >= 4 is 33.9 Å². The highest BCUT2D eigenvalue weighted by atomic mass is 16.1. The first kappa shape index (κ1) is 18.9. The molecule has 0 saturated heterocycles. The van der Waals surface area contributed by atoms with Crippen molar-refractivity contribution in [1.82, 2.24) is 19.9 Å². The lowest BCUT2D eigenvalue weighted by atomic mass is 10.1. The first-order valence-electron chi connectivity index (χ1n) is 9.88. The maximum atomic E-state index is 13.0. The average Bonchev–Trinajstić information content (AvgIpc) is 2.98. The third kappa shape index (κ3) is 3.53. The number of aromatic nitrogens is 3. The molecule has 148 valence electrons. The van der Waals surface area contributed by atoms with Crippen LogP contribution in [0.15, 0.2) is 48.5 Å². The van der Waals surface area contributed by atoms with E-state index in [1.165, 1.54) is 5.56 Å². The summed E-state index contributed by atoms with van der Waals surface area (Å²) < 4.78 is 1.88. The van der Waals surface area contributed by atoms with Gasteiger partial charge in [-0.15, -0.1) is 0 Å². The van der Waals surface area contributed by atoms with Crippen molar-refractivity contribution in [3.05, 3.63) is 65.2 Å². The third-order valence-electron chi connectivity index (χ3n) is 5.27. The number of para-hydroxylation sites is 2. The van der Waals surface area contributed by atoms with E-state index in [4.69, 9.17) is 15.7 Å². The zero-order valence-corrected chi connectivity index (χ0v) is 16.9. The van der Waals surface area contributed by atoms with Crippen LogP contribution in [0.1, 0.15) is 41.8 Å². The fourth-order valence-corrected chi connectivity index (χ4v) is 3.38. The van der Waals surface area contributed by atoms with Crippen molar-refractivity contribution in [3.8, 4) is 0 Å². The SMILES string of the molecule is CC[C@@H](C)NC(=O)c1c(N)n(Cc2ccc(C)cc2)c2nc3ccccc3nc12. The Morgan fingerprint density at radius 2 is 1.76 bits per heavy atom. The number of aryl methyl sites for hydroxylation is 1. The van der Waals surface area contributed by atoms with E-state index in [-0.39, 0.29) is 11.9 Å². The van der Waals surface area contributed by atoms with Gasteiger partial charge in [-0.05, 0) is 38.0 Å². The molecule has 0 radical (unpaired) electrons. The fourth-order valence-electron chi connectivity index (χ4n) is 3.38. The molecular formula is C23H25N5O. The van der Waals surface area contributed by atoms with Crippen LogP contribution in [0.4, 0.5) is 5.82 Å². The van der Waals surface area contributed by atoms with E-state index < -0.39 is 0 Å². The molecule has 0 aliphatic carbocycles. The van der Waals surface area contributed by atoms with Gasteiger partial charge in [0, 0.05) is 6.04 Å². The molecule has 2 aromatic heterocycles. The second-order valence-electron chi connectivity index (χ2n) is 7.50. The number of carbonyl (C=O) groups excluding carboxylic acids is 1. The maximum Gasteiger partial charge on any atom is 0.257 e. The Kier molecular flexibility index (Phi) is 4.92.